The summed E-state index contributed by atoms with van der Waals surface area (Å²) in [5, 5.41) is 3.44. The Morgan fingerprint density at radius 2 is 1.71 bits per heavy atom. The monoisotopic (exact) mass is 382 g/mol. The average molecular weight is 383 g/mol. The Morgan fingerprint density at radius 1 is 1.07 bits per heavy atom. The molecule has 1 aliphatic heterocycles. The summed E-state index contributed by atoms with van der Waals surface area (Å²) in [6.45, 7) is 10.2. The van der Waals surface area contributed by atoms with E-state index in [1.54, 1.807) is 19.2 Å². The Bertz CT molecular complexity index is 796. The molecule has 1 aromatic carbocycles. The molecule has 0 saturated carbocycles. The second-order valence-electron chi connectivity index (χ2n) is 8.10. The maximum Gasteiger partial charge on any atom is 0.289 e. The van der Waals surface area contributed by atoms with E-state index in [9.17, 15) is 4.79 Å². The van der Waals surface area contributed by atoms with Crippen LogP contribution in [0.1, 0.15) is 42.5 Å². The first-order chi connectivity index (χ1) is 13.4. The highest BCUT2D eigenvalue weighted by atomic mass is 16.3. The number of rotatable bonds is 3. The maximum atomic E-state index is 12.4. The molecule has 1 aromatic heterocycles. The Labute approximate surface area is 167 Å². The minimum absolute atomic E-state index is 0.0495. The third-order valence-electron chi connectivity index (χ3n) is 5.08. The van der Waals surface area contributed by atoms with Crippen molar-refractivity contribution in [3.63, 3.8) is 0 Å². The summed E-state index contributed by atoms with van der Waals surface area (Å²) in [7, 11) is 1.80. The molecule has 0 bridgehead atoms. The van der Waals surface area contributed by atoms with Gasteiger partial charge in [0.1, 0.15) is 0 Å². The minimum Gasteiger partial charge on any atom is -0.459 e. The number of carbonyl (C=O) groups excluding carboxylic acids is 1. The number of furan rings is 1. The molecule has 28 heavy (non-hydrogen) atoms. The van der Waals surface area contributed by atoms with Crippen LogP contribution in [-0.2, 0) is 12.0 Å². The van der Waals surface area contributed by atoms with Crippen LogP contribution < -0.4 is 5.32 Å². The standard InChI is InChI=1S/C22H30N4O2/c1-22(2,3)18-9-7-17(8-10-18)16-24-21(23-4)26-13-11-25(12-14-26)20(27)19-6-5-15-28-19/h5-10,15H,11-14,16H2,1-4H3,(H,23,24). The molecule has 0 atom stereocenters. The molecule has 0 spiro atoms. The summed E-state index contributed by atoms with van der Waals surface area (Å²) in [6.07, 6.45) is 1.53. The van der Waals surface area contributed by atoms with Gasteiger partial charge in [-0.05, 0) is 28.7 Å². The lowest BCUT2D eigenvalue weighted by molar-refractivity contribution is 0.0657. The summed E-state index contributed by atoms with van der Waals surface area (Å²) >= 11 is 0. The molecule has 0 radical (unpaired) electrons. The lowest BCUT2D eigenvalue weighted by Gasteiger charge is -2.36. The van der Waals surface area contributed by atoms with E-state index in [0.29, 0.717) is 18.8 Å². The van der Waals surface area contributed by atoms with E-state index in [1.165, 1.54) is 17.4 Å². The normalized spacial score (nSPS) is 15.6. The topological polar surface area (TPSA) is 61.1 Å². The van der Waals surface area contributed by atoms with E-state index in [-0.39, 0.29) is 11.3 Å². The summed E-state index contributed by atoms with van der Waals surface area (Å²) in [5.74, 6) is 1.21. The van der Waals surface area contributed by atoms with Crippen molar-refractivity contribution < 1.29 is 9.21 Å². The van der Waals surface area contributed by atoms with E-state index >= 15 is 0 Å². The van der Waals surface area contributed by atoms with Crippen molar-refractivity contribution in [2.24, 2.45) is 4.99 Å². The first-order valence-corrected chi connectivity index (χ1v) is 9.76. The van der Waals surface area contributed by atoms with Gasteiger partial charge in [0.2, 0.25) is 0 Å². The molecule has 0 unspecified atom stereocenters. The van der Waals surface area contributed by atoms with E-state index in [4.69, 9.17) is 4.42 Å². The van der Waals surface area contributed by atoms with Gasteiger partial charge < -0.3 is 19.5 Å². The van der Waals surface area contributed by atoms with Crippen molar-refractivity contribution >= 4 is 11.9 Å². The highest BCUT2D eigenvalue weighted by Gasteiger charge is 2.25. The molecule has 3 rings (SSSR count). The van der Waals surface area contributed by atoms with E-state index in [1.807, 2.05) is 4.90 Å². The summed E-state index contributed by atoms with van der Waals surface area (Å²) in [6, 6.07) is 12.2. The van der Waals surface area contributed by atoms with Gasteiger partial charge >= 0.3 is 0 Å². The molecule has 1 N–H and O–H groups in total. The molecule has 2 heterocycles. The SMILES string of the molecule is CN=C(NCc1ccc(C(C)(C)C)cc1)N1CCN(C(=O)c2ccco2)CC1. The first-order valence-electron chi connectivity index (χ1n) is 9.76. The third-order valence-corrected chi connectivity index (χ3v) is 5.08. The number of piperazine rings is 1. The first kappa shape index (κ1) is 20.0. The van der Waals surface area contributed by atoms with Gasteiger partial charge in [-0.25, -0.2) is 0 Å². The van der Waals surface area contributed by atoms with E-state index < -0.39 is 0 Å². The Kier molecular flexibility index (Phi) is 6.07. The van der Waals surface area contributed by atoms with Crippen LogP contribution >= 0.6 is 0 Å². The van der Waals surface area contributed by atoms with Crippen LogP contribution in [0.15, 0.2) is 52.1 Å². The zero-order chi connectivity index (χ0) is 20.1. The molecular formula is C22H30N4O2. The third kappa shape index (κ3) is 4.74. The number of nitrogens with one attached hydrogen (secondary N) is 1. The molecular weight excluding hydrogens is 352 g/mol. The Hall–Kier alpha value is -2.76. The van der Waals surface area contributed by atoms with Crippen LogP contribution in [0.25, 0.3) is 0 Å². The zero-order valence-corrected chi connectivity index (χ0v) is 17.2. The average Bonchev–Trinajstić information content (AvgIpc) is 3.23. The van der Waals surface area contributed by atoms with Crippen molar-refractivity contribution in [3.05, 3.63) is 59.5 Å². The highest BCUT2D eigenvalue weighted by molar-refractivity contribution is 5.91. The number of benzene rings is 1. The molecule has 150 valence electrons. The second kappa shape index (κ2) is 8.50. The summed E-state index contributed by atoms with van der Waals surface area (Å²) in [4.78, 5) is 20.8. The minimum atomic E-state index is -0.0495. The molecule has 6 heteroatoms. The predicted octanol–water partition coefficient (Wildman–Crippen LogP) is 3.11. The van der Waals surface area contributed by atoms with Gasteiger partial charge in [-0.15, -0.1) is 0 Å². The van der Waals surface area contributed by atoms with Crippen molar-refractivity contribution in [3.8, 4) is 0 Å². The van der Waals surface area contributed by atoms with Crippen LogP contribution in [0.3, 0.4) is 0 Å². The molecule has 0 aliphatic carbocycles. The zero-order valence-electron chi connectivity index (χ0n) is 17.2. The fourth-order valence-corrected chi connectivity index (χ4v) is 3.31. The molecule has 1 amide bonds. The van der Waals surface area contributed by atoms with E-state index in [2.05, 4.69) is 60.2 Å². The molecule has 2 aromatic rings. The molecule has 1 fully saturated rings. The fraction of sp³-hybridized carbons (Fsp3) is 0.455. The lowest BCUT2D eigenvalue weighted by atomic mass is 9.87. The quantitative estimate of drug-likeness (QED) is 0.655. The van der Waals surface area contributed by atoms with Crippen LogP contribution in [-0.4, -0.2) is 54.9 Å². The highest BCUT2D eigenvalue weighted by Crippen LogP contribution is 2.22. The summed E-state index contributed by atoms with van der Waals surface area (Å²) < 4.78 is 5.22. The molecule has 1 aliphatic rings. The van der Waals surface area contributed by atoms with Crippen molar-refractivity contribution in [1.82, 2.24) is 15.1 Å². The number of guanidine groups is 1. The summed E-state index contributed by atoms with van der Waals surface area (Å²) in [5.41, 5.74) is 2.72. The molecule has 1 saturated heterocycles. The van der Waals surface area contributed by atoms with Crippen LogP contribution in [0.2, 0.25) is 0 Å². The number of aliphatic imine (C=N–C) groups is 1. The van der Waals surface area contributed by atoms with Crippen molar-refractivity contribution in [2.75, 3.05) is 33.2 Å². The number of hydrogen-bond acceptors (Lipinski definition) is 3. The van der Waals surface area contributed by atoms with Gasteiger partial charge in [-0.1, -0.05) is 45.0 Å². The van der Waals surface area contributed by atoms with Gasteiger partial charge in [0, 0.05) is 39.8 Å². The van der Waals surface area contributed by atoms with Gasteiger partial charge in [-0.2, -0.15) is 0 Å². The Morgan fingerprint density at radius 3 is 2.25 bits per heavy atom. The second-order valence-corrected chi connectivity index (χ2v) is 8.10. The van der Waals surface area contributed by atoms with E-state index in [0.717, 1.165) is 25.6 Å². The lowest BCUT2D eigenvalue weighted by Crippen LogP contribution is -2.53. The largest absolute Gasteiger partial charge is 0.459 e. The Balaban J connectivity index is 1.52. The van der Waals surface area contributed by atoms with Crippen LogP contribution in [0, 0.1) is 0 Å². The number of hydrogen-bond donors (Lipinski definition) is 1. The van der Waals surface area contributed by atoms with Crippen LogP contribution in [0.4, 0.5) is 0 Å². The number of carbonyl (C=O) groups is 1. The number of nitrogens with zero attached hydrogens (tertiary/aromatic N) is 3. The van der Waals surface area contributed by atoms with Gasteiger partial charge in [0.05, 0.1) is 6.26 Å². The van der Waals surface area contributed by atoms with Gasteiger partial charge in [0.15, 0.2) is 11.7 Å². The van der Waals surface area contributed by atoms with Crippen LogP contribution in [0.5, 0.6) is 0 Å². The van der Waals surface area contributed by atoms with Gasteiger partial charge in [0.25, 0.3) is 5.91 Å². The fourth-order valence-electron chi connectivity index (χ4n) is 3.31. The van der Waals surface area contributed by atoms with Gasteiger partial charge in [-0.3, -0.25) is 9.79 Å². The van der Waals surface area contributed by atoms with Crippen molar-refractivity contribution in [1.29, 1.82) is 0 Å². The van der Waals surface area contributed by atoms with Crippen molar-refractivity contribution in [2.45, 2.75) is 32.7 Å². The number of amides is 1. The predicted molar refractivity (Wildman–Crippen MR) is 112 cm³/mol. The maximum absolute atomic E-state index is 12.4. The smallest absolute Gasteiger partial charge is 0.289 e. The molecule has 6 nitrogen and oxygen atoms in total.